The highest BCUT2D eigenvalue weighted by molar-refractivity contribution is 5.78. The van der Waals surface area contributed by atoms with Crippen molar-refractivity contribution in [1.29, 1.82) is 0 Å². The van der Waals surface area contributed by atoms with Gasteiger partial charge in [-0.3, -0.25) is 0 Å². The van der Waals surface area contributed by atoms with E-state index in [9.17, 15) is 0 Å². The molecule has 0 fully saturated rings. The molecule has 1 atom stereocenters. The maximum Gasteiger partial charge on any atom is 0.134 e. The molecule has 1 unspecified atom stereocenters. The van der Waals surface area contributed by atoms with Crippen LogP contribution in [-0.4, -0.2) is 7.05 Å². The van der Waals surface area contributed by atoms with Gasteiger partial charge in [-0.2, -0.15) is 0 Å². The van der Waals surface area contributed by atoms with Crippen molar-refractivity contribution >= 4 is 11.0 Å². The van der Waals surface area contributed by atoms with E-state index >= 15 is 0 Å². The molecule has 2 aromatic rings. The van der Waals surface area contributed by atoms with Crippen molar-refractivity contribution in [3.63, 3.8) is 0 Å². The molecule has 0 bridgehead atoms. The van der Waals surface area contributed by atoms with Gasteiger partial charge >= 0.3 is 0 Å². The number of aryl methyl sites for hydroxylation is 1. The molecule has 2 rings (SSSR count). The van der Waals surface area contributed by atoms with Crippen LogP contribution in [0.15, 0.2) is 28.7 Å². The molecule has 0 amide bonds. The van der Waals surface area contributed by atoms with Crippen LogP contribution in [-0.2, 0) is 0 Å². The third kappa shape index (κ3) is 1.53. The lowest BCUT2D eigenvalue weighted by Gasteiger charge is -2.04. The third-order valence-electron chi connectivity index (χ3n) is 2.55. The van der Waals surface area contributed by atoms with E-state index in [1.807, 2.05) is 13.1 Å². The Morgan fingerprint density at radius 2 is 2.07 bits per heavy atom. The predicted octanol–water partition coefficient (Wildman–Crippen LogP) is 3.02. The molecular formula is C12H15NO. The van der Waals surface area contributed by atoms with Crippen molar-refractivity contribution in [3.05, 3.63) is 35.6 Å². The minimum Gasteiger partial charge on any atom is -0.459 e. The molecule has 2 heteroatoms. The summed E-state index contributed by atoms with van der Waals surface area (Å²) in [6, 6.07) is 8.60. The first-order chi connectivity index (χ1) is 6.70. The van der Waals surface area contributed by atoms with Gasteiger partial charge in [0.15, 0.2) is 0 Å². The molecule has 0 aliphatic rings. The Hall–Kier alpha value is -1.28. The van der Waals surface area contributed by atoms with Gasteiger partial charge in [0.1, 0.15) is 11.3 Å². The second kappa shape index (κ2) is 3.46. The van der Waals surface area contributed by atoms with Crippen molar-refractivity contribution < 1.29 is 4.42 Å². The molecule has 2 nitrogen and oxygen atoms in total. The third-order valence-corrected chi connectivity index (χ3v) is 2.55. The van der Waals surface area contributed by atoms with E-state index in [0.29, 0.717) is 0 Å². The lowest BCUT2D eigenvalue weighted by atomic mass is 10.1. The number of benzene rings is 1. The van der Waals surface area contributed by atoms with Gasteiger partial charge in [0.25, 0.3) is 0 Å². The Kier molecular flexibility index (Phi) is 2.30. The first kappa shape index (κ1) is 9.28. The van der Waals surface area contributed by atoms with Crippen molar-refractivity contribution in [2.45, 2.75) is 19.9 Å². The van der Waals surface area contributed by atoms with Gasteiger partial charge in [0, 0.05) is 5.39 Å². The fraction of sp³-hybridized carbons (Fsp3) is 0.333. The van der Waals surface area contributed by atoms with Crippen LogP contribution in [0, 0.1) is 6.92 Å². The summed E-state index contributed by atoms with van der Waals surface area (Å²) in [5.41, 5.74) is 2.23. The maximum absolute atomic E-state index is 5.71. The van der Waals surface area contributed by atoms with Crippen molar-refractivity contribution in [2.24, 2.45) is 0 Å². The lowest BCUT2D eigenvalue weighted by molar-refractivity contribution is 0.475. The first-order valence-corrected chi connectivity index (χ1v) is 4.88. The zero-order valence-corrected chi connectivity index (χ0v) is 8.79. The smallest absolute Gasteiger partial charge is 0.134 e. The summed E-state index contributed by atoms with van der Waals surface area (Å²) in [4.78, 5) is 0. The summed E-state index contributed by atoms with van der Waals surface area (Å²) in [6.45, 7) is 4.18. The van der Waals surface area contributed by atoms with E-state index < -0.39 is 0 Å². The molecule has 1 aromatic carbocycles. The van der Waals surface area contributed by atoms with Crippen molar-refractivity contribution in [3.8, 4) is 0 Å². The normalized spacial score (nSPS) is 13.4. The minimum absolute atomic E-state index is 0.266. The number of furan rings is 1. The molecule has 1 aromatic heterocycles. The Morgan fingerprint density at radius 1 is 1.29 bits per heavy atom. The van der Waals surface area contributed by atoms with Crippen LogP contribution in [0.3, 0.4) is 0 Å². The average molecular weight is 189 g/mol. The van der Waals surface area contributed by atoms with Gasteiger partial charge in [0.05, 0.1) is 6.04 Å². The standard InChI is InChI=1S/C12H15NO/c1-8-4-5-11-10(6-8)7-12(14-11)9(2)13-3/h4-7,9,13H,1-3H3. The van der Waals surface area contributed by atoms with Crippen LogP contribution in [0.5, 0.6) is 0 Å². The van der Waals surface area contributed by atoms with E-state index in [1.54, 1.807) is 0 Å². The van der Waals surface area contributed by atoms with Gasteiger partial charge in [-0.1, -0.05) is 11.6 Å². The quantitative estimate of drug-likeness (QED) is 0.785. The van der Waals surface area contributed by atoms with Gasteiger partial charge in [0.2, 0.25) is 0 Å². The molecule has 14 heavy (non-hydrogen) atoms. The Bertz CT molecular complexity index is 445. The van der Waals surface area contributed by atoms with E-state index in [1.165, 1.54) is 10.9 Å². The SMILES string of the molecule is CNC(C)c1cc2cc(C)ccc2o1. The zero-order chi connectivity index (χ0) is 10.1. The number of fused-ring (bicyclic) bond motifs is 1. The van der Waals surface area contributed by atoms with E-state index in [0.717, 1.165) is 11.3 Å². The highest BCUT2D eigenvalue weighted by Gasteiger charge is 2.08. The average Bonchev–Trinajstić information content (AvgIpc) is 2.59. The summed E-state index contributed by atoms with van der Waals surface area (Å²) < 4.78 is 5.71. The molecule has 0 spiro atoms. The lowest BCUT2D eigenvalue weighted by Crippen LogP contribution is -2.10. The van der Waals surface area contributed by atoms with Gasteiger partial charge in [-0.15, -0.1) is 0 Å². The molecule has 1 N–H and O–H groups in total. The topological polar surface area (TPSA) is 25.2 Å². The molecule has 0 aliphatic carbocycles. The summed E-state index contributed by atoms with van der Waals surface area (Å²) >= 11 is 0. The summed E-state index contributed by atoms with van der Waals surface area (Å²) in [6.07, 6.45) is 0. The second-order valence-electron chi connectivity index (χ2n) is 3.70. The van der Waals surface area contributed by atoms with Gasteiger partial charge in [-0.05, 0) is 39.1 Å². The predicted molar refractivity (Wildman–Crippen MR) is 58.4 cm³/mol. The first-order valence-electron chi connectivity index (χ1n) is 4.88. The maximum atomic E-state index is 5.71. The van der Waals surface area contributed by atoms with Crippen LogP contribution in [0.4, 0.5) is 0 Å². The van der Waals surface area contributed by atoms with Gasteiger partial charge in [-0.25, -0.2) is 0 Å². The summed E-state index contributed by atoms with van der Waals surface area (Å²) in [7, 11) is 1.93. The van der Waals surface area contributed by atoms with Crippen molar-refractivity contribution in [2.75, 3.05) is 7.05 Å². The van der Waals surface area contributed by atoms with Crippen LogP contribution in [0.2, 0.25) is 0 Å². The van der Waals surface area contributed by atoms with Crippen LogP contribution >= 0.6 is 0 Å². The summed E-state index contributed by atoms with van der Waals surface area (Å²) in [5.74, 6) is 0.994. The molecule has 74 valence electrons. The highest BCUT2D eigenvalue weighted by Crippen LogP contribution is 2.24. The molecule has 0 saturated heterocycles. The van der Waals surface area contributed by atoms with E-state index in [4.69, 9.17) is 4.42 Å². The number of hydrogen-bond acceptors (Lipinski definition) is 2. The van der Waals surface area contributed by atoms with Crippen LogP contribution < -0.4 is 5.32 Å². The van der Waals surface area contributed by atoms with E-state index in [-0.39, 0.29) is 6.04 Å². The fourth-order valence-electron chi connectivity index (χ4n) is 1.54. The molecule has 0 radical (unpaired) electrons. The van der Waals surface area contributed by atoms with Crippen molar-refractivity contribution in [1.82, 2.24) is 5.32 Å². The fourth-order valence-corrected chi connectivity index (χ4v) is 1.54. The Balaban J connectivity index is 2.51. The highest BCUT2D eigenvalue weighted by atomic mass is 16.3. The minimum atomic E-state index is 0.266. The van der Waals surface area contributed by atoms with Crippen LogP contribution in [0.1, 0.15) is 24.3 Å². The molecular weight excluding hydrogens is 174 g/mol. The molecule has 0 aliphatic heterocycles. The summed E-state index contributed by atoms with van der Waals surface area (Å²) in [5, 5.41) is 4.35. The number of nitrogens with one attached hydrogen (secondary N) is 1. The monoisotopic (exact) mass is 189 g/mol. The van der Waals surface area contributed by atoms with Crippen LogP contribution in [0.25, 0.3) is 11.0 Å². The molecule has 0 saturated carbocycles. The van der Waals surface area contributed by atoms with Gasteiger partial charge < -0.3 is 9.73 Å². The largest absolute Gasteiger partial charge is 0.459 e. The Labute approximate surface area is 83.9 Å². The number of hydrogen-bond donors (Lipinski definition) is 1. The zero-order valence-electron chi connectivity index (χ0n) is 8.79. The van der Waals surface area contributed by atoms with E-state index in [2.05, 4.69) is 37.4 Å². The second-order valence-corrected chi connectivity index (χ2v) is 3.70. The number of rotatable bonds is 2. The Morgan fingerprint density at radius 3 is 2.79 bits per heavy atom. The molecule has 1 heterocycles.